The molecule has 2 aliphatic heterocycles. The zero-order chi connectivity index (χ0) is 17.2. The maximum atomic E-state index is 12.8. The van der Waals surface area contributed by atoms with Crippen molar-refractivity contribution >= 4 is 17.4 Å². The number of carbonyl (C=O) groups excluding carboxylic acids is 2. The number of esters is 1. The lowest BCUT2D eigenvalue weighted by molar-refractivity contribution is -0.140. The molecule has 4 nitrogen and oxygen atoms in total. The molecule has 0 saturated heterocycles. The van der Waals surface area contributed by atoms with Crippen molar-refractivity contribution in [3.63, 3.8) is 0 Å². The standard InChI is InChI=1S/C21H19NO3/c23-20(19-14-17-8-4-5-9-18(17)21(24)25-19)22-12-10-16(11-13-22)15-6-2-1-3-7-15/h1-10,19H,11-14H2. The molecule has 0 aliphatic carbocycles. The SMILES string of the molecule is O=C1OC(C(=O)N2CC=C(c3ccccc3)CC2)Cc2ccccc21. The number of hydrogen-bond acceptors (Lipinski definition) is 3. The predicted octanol–water partition coefficient (Wildman–Crippen LogP) is 3.08. The summed E-state index contributed by atoms with van der Waals surface area (Å²) in [6, 6.07) is 17.5. The van der Waals surface area contributed by atoms with Crippen LogP contribution in [0.25, 0.3) is 5.57 Å². The van der Waals surface area contributed by atoms with Crippen LogP contribution in [-0.4, -0.2) is 36.0 Å². The van der Waals surface area contributed by atoms with Gasteiger partial charge in [0.25, 0.3) is 5.91 Å². The van der Waals surface area contributed by atoms with E-state index in [0.29, 0.717) is 25.1 Å². The summed E-state index contributed by atoms with van der Waals surface area (Å²) in [7, 11) is 0. The van der Waals surface area contributed by atoms with Crippen LogP contribution in [0.15, 0.2) is 60.7 Å². The van der Waals surface area contributed by atoms with Gasteiger partial charge in [0.05, 0.1) is 5.56 Å². The van der Waals surface area contributed by atoms with Crippen molar-refractivity contribution in [3.05, 3.63) is 77.4 Å². The summed E-state index contributed by atoms with van der Waals surface area (Å²) in [5.74, 6) is -0.510. The topological polar surface area (TPSA) is 46.6 Å². The molecule has 0 spiro atoms. The molecule has 0 saturated carbocycles. The lowest BCUT2D eigenvalue weighted by Crippen LogP contribution is -2.45. The first-order valence-corrected chi connectivity index (χ1v) is 8.54. The Morgan fingerprint density at radius 2 is 1.80 bits per heavy atom. The number of nitrogens with zero attached hydrogens (tertiary/aromatic N) is 1. The maximum Gasteiger partial charge on any atom is 0.339 e. The lowest BCUT2D eigenvalue weighted by atomic mass is 9.96. The molecule has 126 valence electrons. The monoisotopic (exact) mass is 333 g/mol. The smallest absolute Gasteiger partial charge is 0.339 e. The first-order chi connectivity index (χ1) is 12.2. The van der Waals surface area contributed by atoms with Crippen molar-refractivity contribution < 1.29 is 14.3 Å². The highest BCUT2D eigenvalue weighted by Crippen LogP contribution is 2.25. The fourth-order valence-electron chi connectivity index (χ4n) is 3.46. The first-order valence-electron chi connectivity index (χ1n) is 8.54. The Labute approximate surface area is 146 Å². The van der Waals surface area contributed by atoms with Crippen LogP contribution in [-0.2, 0) is 16.0 Å². The van der Waals surface area contributed by atoms with Crippen molar-refractivity contribution in [2.45, 2.75) is 18.9 Å². The quantitative estimate of drug-likeness (QED) is 0.794. The van der Waals surface area contributed by atoms with Crippen molar-refractivity contribution in [1.82, 2.24) is 4.90 Å². The van der Waals surface area contributed by atoms with E-state index in [1.165, 1.54) is 11.1 Å². The second-order valence-corrected chi connectivity index (χ2v) is 6.38. The van der Waals surface area contributed by atoms with Crippen LogP contribution >= 0.6 is 0 Å². The predicted molar refractivity (Wildman–Crippen MR) is 95.0 cm³/mol. The normalized spacial score (nSPS) is 19.7. The van der Waals surface area contributed by atoms with Crippen LogP contribution in [0.5, 0.6) is 0 Å². The highest BCUT2D eigenvalue weighted by Gasteiger charge is 2.34. The molecular weight excluding hydrogens is 314 g/mol. The van der Waals surface area contributed by atoms with Crippen molar-refractivity contribution in [1.29, 1.82) is 0 Å². The molecular formula is C21H19NO3. The Morgan fingerprint density at radius 1 is 1.04 bits per heavy atom. The summed E-state index contributed by atoms with van der Waals surface area (Å²) < 4.78 is 5.39. The summed E-state index contributed by atoms with van der Waals surface area (Å²) in [5.41, 5.74) is 3.91. The van der Waals surface area contributed by atoms with E-state index in [4.69, 9.17) is 4.74 Å². The summed E-state index contributed by atoms with van der Waals surface area (Å²) in [4.78, 5) is 26.7. The van der Waals surface area contributed by atoms with E-state index in [0.717, 1.165) is 12.0 Å². The maximum absolute atomic E-state index is 12.8. The van der Waals surface area contributed by atoms with Gasteiger partial charge in [-0.15, -0.1) is 0 Å². The lowest BCUT2D eigenvalue weighted by Gasteiger charge is -2.31. The Bertz CT molecular complexity index is 841. The Balaban J connectivity index is 1.46. The first kappa shape index (κ1) is 15.6. The van der Waals surface area contributed by atoms with Crippen molar-refractivity contribution in [2.75, 3.05) is 13.1 Å². The van der Waals surface area contributed by atoms with Crippen molar-refractivity contribution in [2.24, 2.45) is 0 Å². The summed E-state index contributed by atoms with van der Waals surface area (Å²) in [6.07, 6.45) is 2.64. The molecule has 2 heterocycles. The largest absolute Gasteiger partial charge is 0.448 e. The molecule has 0 radical (unpaired) electrons. The zero-order valence-corrected chi connectivity index (χ0v) is 13.9. The Morgan fingerprint density at radius 3 is 2.56 bits per heavy atom. The van der Waals surface area contributed by atoms with Gasteiger partial charge in [0, 0.05) is 19.5 Å². The number of fused-ring (bicyclic) bond motifs is 1. The molecule has 2 aromatic carbocycles. The molecule has 1 atom stereocenters. The van der Waals surface area contributed by atoms with E-state index >= 15 is 0 Å². The molecule has 4 rings (SSSR count). The highest BCUT2D eigenvalue weighted by atomic mass is 16.5. The van der Waals surface area contributed by atoms with E-state index in [2.05, 4.69) is 18.2 Å². The summed E-state index contributed by atoms with van der Waals surface area (Å²) in [5, 5.41) is 0. The molecule has 1 unspecified atom stereocenters. The van der Waals surface area contributed by atoms with Gasteiger partial charge >= 0.3 is 5.97 Å². The molecule has 2 aliphatic rings. The van der Waals surface area contributed by atoms with Crippen LogP contribution in [0.3, 0.4) is 0 Å². The third-order valence-corrected chi connectivity index (χ3v) is 4.83. The second kappa shape index (κ2) is 6.55. The zero-order valence-electron chi connectivity index (χ0n) is 13.9. The van der Waals surface area contributed by atoms with Crippen LogP contribution in [0.2, 0.25) is 0 Å². The minimum Gasteiger partial charge on any atom is -0.448 e. The number of rotatable bonds is 2. The average Bonchev–Trinajstić information content (AvgIpc) is 2.68. The third kappa shape index (κ3) is 3.07. The van der Waals surface area contributed by atoms with Gasteiger partial charge in [0.2, 0.25) is 0 Å². The van der Waals surface area contributed by atoms with Crippen LogP contribution in [0, 0.1) is 0 Å². The van der Waals surface area contributed by atoms with Crippen LogP contribution < -0.4 is 0 Å². The van der Waals surface area contributed by atoms with Gasteiger partial charge < -0.3 is 9.64 Å². The Kier molecular flexibility index (Phi) is 4.10. The Hall–Kier alpha value is -2.88. The minimum atomic E-state index is -0.714. The molecule has 25 heavy (non-hydrogen) atoms. The molecule has 1 amide bonds. The van der Waals surface area contributed by atoms with E-state index in [9.17, 15) is 9.59 Å². The van der Waals surface area contributed by atoms with E-state index in [-0.39, 0.29) is 5.91 Å². The van der Waals surface area contributed by atoms with Crippen LogP contribution in [0.1, 0.15) is 27.9 Å². The summed E-state index contributed by atoms with van der Waals surface area (Å²) >= 11 is 0. The molecule has 2 aromatic rings. The summed E-state index contributed by atoms with van der Waals surface area (Å²) in [6.45, 7) is 1.20. The molecule has 0 aromatic heterocycles. The fourth-order valence-corrected chi connectivity index (χ4v) is 3.46. The number of amides is 1. The number of ether oxygens (including phenoxy) is 1. The number of cyclic esters (lactones) is 1. The number of benzene rings is 2. The van der Waals surface area contributed by atoms with Gasteiger partial charge in [-0.25, -0.2) is 4.79 Å². The minimum absolute atomic E-state index is 0.105. The molecule has 4 heteroatoms. The number of carbonyl (C=O) groups is 2. The number of hydrogen-bond donors (Lipinski definition) is 0. The van der Waals surface area contributed by atoms with Crippen LogP contribution in [0.4, 0.5) is 0 Å². The molecule has 0 N–H and O–H groups in total. The van der Waals surface area contributed by atoms with Gasteiger partial charge in [0.1, 0.15) is 0 Å². The third-order valence-electron chi connectivity index (χ3n) is 4.83. The second-order valence-electron chi connectivity index (χ2n) is 6.38. The average molecular weight is 333 g/mol. The van der Waals surface area contributed by atoms with Gasteiger partial charge in [-0.3, -0.25) is 4.79 Å². The molecule has 0 bridgehead atoms. The highest BCUT2D eigenvalue weighted by molar-refractivity contribution is 5.96. The molecule has 0 fully saturated rings. The van der Waals surface area contributed by atoms with Gasteiger partial charge in [-0.05, 0) is 29.2 Å². The fraction of sp³-hybridized carbons (Fsp3) is 0.238. The van der Waals surface area contributed by atoms with Gasteiger partial charge in [-0.1, -0.05) is 54.6 Å². The van der Waals surface area contributed by atoms with E-state index in [1.807, 2.05) is 36.4 Å². The van der Waals surface area contributed by atoms with E-state index in [1.54, 1.807) is 11.0 Å². The van der Waals surface area contributed by atoms with E-state index < -0.39 is 12.1 Å². The van der Waals surface area contributed by atoms with Gasteiger partial charge in [-0.2, -0.15) is 0 Å². The van der Waals surface area contributed by atoms with Gasteiger partial charge in [0.15, 0.2) is 6.10 Å². The van der Waals surface area contributed by atoms with Crippen molar-refractivity contribution in [3.8, 4) is 0 Å².